The van der Waals surface area contributed by atoms with Gasteiger partial charge in [-0.25, -0.2) is 4.98 Å². The van der Waals surface area contributed by atoms with E-state index in [-0.39, 0.29) is 10.8 Å². The van der Waals surface area contributed by atoms with Crippen molar-refractivity contribution < 1.29 is 5.11 Å². The van der Waals surface area contributed by atoms with Gasteiger partial charge in [0.1, 0.15) is 17.6 Å². The van der Waals surface area contributed by atoms with Gasteiger partial charge in [0.15, 0.2) is 5.65 Å². The van der Waals surface area contributed by atoms with Crippen molar-refractivity contribution in [3.8, 4) is 34.2 Å². The van der Waals surface area contributed by atoms with Crippen molar-refractivity contribution in [2.75, 3.05) is 23.7 Å². The Morgan fingerprint density at radius 1 is 1.06 bits per heavy atom. The van der Waals surface area contributed by atoms with Crippen molar-refractivity contribution in [2.24, 2.45) is 0 Å². The number of nitrogens with one attached hydrogen (secondary N) is 1. The lowest BCUT2D eigenvalue weighted by molar-refractivity contribution is 0.475. The van der Waals surface area contributed by atoms with E-state index in [1.165, 1.54) is 31.0 Å². The standard InChI is InChI=1S/C24H21ClN6O/c25-18-12-15(6-9-19(18)32)22-17(13-26)20(21-23(27)29-30-24(21)28-22)14-4-7-16(8-5-14)31-10-2-1-3-11-31/h4-9,12,32H,1-3,10-11H2,(H3,27,28,29,30). The van der Waals surface area contributed by atoms with Gasteiger partial charge in [-0.05, 0) is 55.2 Å². The van der Waals surface area contributed by atoms with Crippen molar-refractivity contribution in [3.05, 3.63) is 53.1 Å². The summed E-state index contributed by atoms with van der Waals surface area (Å²) in [6.07, 6.45) is 3.68. The fourth-order valence-electron chi connectivity index (χ4n) is 4.33. The summed E-state index contributed by atoms with van der Waals surface area (Å²) in [5, 5.41) is 27.8. The molecule has 0 bridgehead atoms. The molecule has 5 rings (SSSR count). The number of aromatic hydroxyl groups is 1. The first-order chi connectivity index (χ1) is 15.6. The number of H-pyrrole nitrogens is 1. The van der Waals surface area contributed by atoms with Gasteiger partial charge in [0.25, 0.3) is 0 Å². The Kier molecular flexibility index (Phi) is 5.08. The number of piperidine rings is 1. The number of hydrogen-bond acceptors (Lipinski definition) is 6. The highest BCUT2D eigenvalue weighted by molar-refractivity contribution is 6.32. The monoisotopic (exact) mass is 444 g/mol. The second-order valence-electron chi connectivity index (χ2n) is 7.92. The number of halogens is 1. The van der Waals surface area contributed by atoms with E-state index in [2.05, 4.69) is 38.3 Å². The molecule has 1 fully saturated rings. The van der Waals surface area contributed by atoms with Gasteiger partial charge in [0.05, 0.1) is 21.7 Å². The van der Waals surface area contributed by atoms with Crippen LogP contribution in [0.1, 0.15) is 24.8 Å². The molecular formula is C24H21ClN6O. The molecule has 7 nitrogen and oxygen atoms in total. The van der Waals surface area contributed by atoms with Gasteiger partial charge in [-0.3, -0.25) is 5.10 Å². The summed E-state index contributed by atoms with van der Waals surface area (Å²) in [5.41, 5.74) is 10.7. The summed E-state index contributed by atoms with van der Waals surface area (Å²) in [5.74, 6) is 0.321. The Bertz CT molecular complexity index is 1350. The van der Waals surface area contributed by atoms with E-state index in [4.69, 9.17) is 17.3 Å². The van der Waals surface area contributed by atoms with Gasteiger partial charge in [-0.15, -0.1) is 0 Å². The Morgan fingerprint density at radius 2 is 1.78 bits per heavy atom. The Labute approximate surface area is 190 Å². The molecule has 0 saturated carbocycles. The van der Waals surface area contributed by atoms with E-state index in [1.807, 2.05) is 12.1 Å². The van der Waals surface area contributed by atoms with Crippen molar-refractivity contribution in [2.45, 2.75) is 19.3 Å². The zero-order valence-corrected chi connectivity index (χ0v) is 18.0. The summed E-state index contributed by atoms with van der Waals surface area (Å²) in [6.45, 7) is 2.12. The highest BCUT2D eigenvalue weighted by Crippen LogP contribution is 2.40. The van der Waals surface area contributed by atoms with E-state index in [0.29, 0.717) is 39.2 Å². The van der Waals surface area contributed by atoms with Gasteiger partial charge < -0.3 is 15.7 Å². The minimum absolute atomic E-state index is 0.0347. The maximum absolute atomic E-state index is 10.1. The number of fused-ring (bicyclic) bond motifs is 1. The first-order valence-electron chi connectivity index (χ1n) is 10.5. The molecule has 4 aromatic rings. The number of rotatable bonds is 3. The van der Waals surface area contributed by atoms with Gasteiger partial charge >= 0.3 is 0 Å². The topological polar surface area (TPSA) is 115 Å². The fraction of sp³-hybridized carbons (Fsp3) is 0.208. The Balaban J connectivity index is 1.70. The SMILES string of the molecule is N#Cc1c(-c2ccc(O)c(Cl)c2)nc2n[nH]c(N)c2c1-c1ccc(N2CCCCC2)cc1. The van der Waals surface area contributed by atoms with Crippen molar-refractivity contribution in [1.82, 2.24) is 15.2 Å². The number of pyridine rings is 1. The minimum atomic E-state index is -0.0347. The van der Waals surface area contributed by atoms with E-state index in [9.17, 15) is 10.4 Å². The van der Waals surface area contributed by atoms with Crippen molar-refractivity contribution in [3.63, 3.8) is 0 Å². The largest absolute Gasteiger partial charge is 0.506 e. The molecule has 1 saturated heterocycles. The Morgan fingerprint density at radius 3 is 2.47 bits per heavy atom. The number of aromatic nitrogens is 3. The lowest BCUT2D eigenvalue weighted by Crippen LogP contribution is -2.29. The van der Waals surface area contributed by atoms with Crippen LogP contribution < -0.4 is 10.6 Å². The molecule has 8 heteroatoms. The highest BCUT2D eigenvalue weighted by Gasteiger charge is 2.22. The number of benzene rings is 2. The van der Waals surface area contributed by atoms with Crippen LogP contribution in [0.5, 0.6) is 5.75 Å². The van der Waals surface area contributed by atoms with Crippen LogP contribution in [0.3, 0.4) is 0 Å². The average Bonchev–Trinajstić information content (AvgIpc) is 3.20. The molecule has 2 aromatic carbocycles. The molecule has 0 unspecified atom stereocenters. The molecule has 0 amide bonds. The molecule has 4 N–H and O–H groups in total. The Hall–Kier alpha value is -3.76. The quantitative estimate of drug-likeness (QED) is 0.405. The number of aromatic amines is 1. The second-order valence-corrected chi connectivity index (χ2v) is 8.33. The molecule has 0 radical (unpaired) electrons. The molecule has 1 aliphatic rings. The third kappa shape index (κ3) is 3.39. The average molecular weight is 445 g/mol. The number of nitrogen functional groups attached to an aromatic ring is 1. The number of anilines is 2. The van der Waals surface area contributed by atoms with Crippen LogP contribution in [-0.4, -0.2) is 33.4 Å². The van der Waals surface area contributed by atoms with Crippen LogP contribution >= 0.6 is 11.6 Å². The molecule has 3 heterocycles. The maximum Gasteiger partial charge on any atom is 0.184 e. The van der Waals surface area contributed by atoms with Crippen molar-refractivity contribution >= 4 is 34.1 Å². The van der Waals surface area contributed by atoms with E-state index in [1.54, 1.807) is 12.1 Å². The van der Waals surface area contributed by atoms with Crippen LogP contribution in [0, 0.1) is 11.3 Å². The minimum Gasteiger partial charge on any atom is -0.506 e. The second kappa shape index (κ2) is 8.06. The van der Waals surface area contributed by atoms with Crippen LogP contribution in [-0.2, 0) is 0 Å². The molecule has 32 heavy (non-hydrogen) atoms. The number of nitriles is 1. The molecule has 160 valence electrons. The van der Waals surface area contributed by atoms with E-state index >= 15 is 0 Å². The van der Waals surface area contributed by atoms with Gasteiger partial charge in [0.2, 0.25) is 0 Å². The predicted molar refractivity (Wildman–Crippen MR) is 127 cm³/mol. The van der Waals surface area contributed by atoms with Gasteiger partial charge in [0, 0.05) is 29.9 Å². The number of nitrogens with zero attached hydrogens (tertiary/aromatic N) is 4. The fourth-order valence-corrected chi connectivity index (χ4v) is 4.51. The van der Waals surface area contributed by atoms with Crippen LogP contribution in [0.25, 0.3) is 33.4 Å². The smallest absolute Gasteiger partial charge is 0.184 e. The van der Waals surface area contributed by atoms with Crippen LogP contribution in [0.15, 0.2) is 42.5 Å². The number of phenolic OH excluding ortho intramolecular Hbond substituents is 1. The summed E-state index contributed by atoms with van der Waals surface area (Å²) in [7, 11) is 0. The molecule has 0 aliphatic carbocycles. The van der Waals surface area contributed by atoms with Gasteiger partial charge in [-0.2, -0.15) is 10.4 Å². The third-order valence-corrected chi connectivity index (χ3v) is 6.24. The van der Waals surface area contributed by atoms with E-state index in [0.717, 1.165) is 18.7 Å². The summed E-state index contributed by atoms with van der Waals surface area (Å²) in [4.78, 5) is 6.98. The molecular weight excluding hydrogens is 424 g/mol. The highest BCUT2D eigenvalue weighted by atomic mass is 35.5. The first-order valence-corrected chi connectivity index (χ1v) is 10.9. The normalized spacial score (nSPS) is 13.9. The van der Waals surface area contributed by atoms with Gasteiger partial charge in [-0.1, -0.05) is 23.7 Å². The summed E-state index contributed by atoms with van der Waals surface area (Å²) < 4.78 is 0. The zero-order chi connectivity index (χ0) is 22.2. The lowest BCUT2D eigenvalue weighted by atomic mass is 9.93. The predicted octanol–water partition coefficient (Wildman–Crippen LogP) is 5.10. The molecule has 0 atom stereocenters. The maximum atomic E-state index is 10.1. The van der Waals surface area contributed by atoms with Crippen LogP contribution in [0.2, 0.25) is 5.02 Å². The van der Waals surface area contributed by atoms with E-state index < -0.39 is 0 Å². The van der Waals surface area contributed by atoms with Crippen molar-refractivity contribution in [1.29, 1.82) is 5.26 Å². The zero-order valence-electron chi connectivity index (χ0n) is 17.3. The molecule has 2 aromatic heterocycles. The molecule has 1 aliphatic heterocycles. The third-order valence-electron chi connectivity index (χ3n) is 5.94. The number of phenols is 1. The number of nitrogens with two attached hydrogens (primary N) is 1. The first kappa shape index (κ1) is 20.2. The summed E-state index contributed by atoms with van der Waals surface area (Å²) >= 11 is 6.12. The number of hydrogen-bond donors (Lipinski definition) is 3. The molecule has 0 spiro atoms. The van der Waals surface area contributed by atoms with Crippen LogP contribution in [0.4, 0.5) is 11.5 Å². The lowest BCUT2D eigenvalue weighted by Gasteiger charge is -2.29. The summed E-state index contributed by atoms with van der Waals surface area (Å²) in [6, 6.07) is 15.3.